The summed E-state index contributed by atoms with van der Waals surface area (Å²) in [5.74, 6) is -0.258. The first-order chi connectivity index (χ1) is 15.7. The maximum Gasteiger partial charge on any atom is 0.416 e. The second-order valence-electron chi connectivity index (χ2n) is 6.98. The number of ether oxygens (including phenoxy) is 1. The molecule has 3 N–H and O–H groups in total. The van der Waals surface area contributed by atoms with E-state index < -0.39 is 17.6 Å². The molecule has 2 amide bonds. The van der Waals surface area contributed by atoms with Crippen LogP contribution >= 0.6 is 0 Å². The van der Waals surface area contributed by atoms with E-state index in [0.717, 1.165) is 12.1 Å². The molecule has 172 valence electrons. The Hall–Kier alpha value is -4.01. The van der Waals surface area contributed by atoms with Crippen molar-refractivity contribution in [2.24, 2.45) is 0 Å². The number of carbonyl (C=O) groups excluding carboxylic acids is 2. The Morgan fingerprint density at radius 1 is 0.848 bits per heavy atom. The topological polar surface area (TPSA) is 79.5 Å². The number of alkyl halides is 3. The molecule has 0 radical (unpaired) electrons. The van der Waals surface area contributed by atoms with Crippen LogP contribution in [0.3, 0.4) is 0 Å². The number of halogens is 3. The van der Waals surface area contributed by atoms with Crippen LogP contribution in [0.5, 0.6) is 5.75 Å². The van der Waals surface area contributed by atoms with E-state index in [1.54, 1.807) is 30.3 Å². The summed E-state index contributed by atoms with van der Waals surface area (Å²) < 4.78 is 44.0. The predicted octanol–water partition coefficient (Wildman–Crippen LogP) is 5.41. The summed E-state index contributed by atoms with van der Waals surface area (Å²) in [5.41, 5.74) is 0.429. The molecule has 9 heteroatoms. The molecule has 0 fully saturated rings. The summed E-state index contributed by atoms with van der Waals surface area (Å²) in [4.78, 5) is 24.8. The van der Waals surface area contributed by atoms with Crippen LogP contribution in [0.1, 0.15) is 22.8 Å². The second kappa shape index (κ2) is 10.5. The Morgan fingerprint density at radius 2 is 1.52 bits per heavy atom. The standard InChI is InChI=1S/C24H22F3N3O3/c1-2-33-21-11-5-8-18(14-21)28-15-22(31)29-19-9-3-6-16(12-19)23(32)30-20-10-4-7-17(13-20)24(25,26)27/h3-14,28H,2,15H2,1H3,(H,29,31)(H,30,32). The zero-order valence-corrected chi connectivity index (χ0v) is 17.7. The molecule has 0 heterocycles. The highest BCUT2D eigenvalue weighted by atomic mass is 19.4. The fourth-order valence-corrected chi connectivity index (χ4v) is 2.96. The maximum absolute atomic E-state index is 12.9. The van der Waals surface area contributed by atoms with E-state index in [1.807, 2.05) is 13.0 Å². The van der Waals surface area contributed by atoms with Gasteiger partial charge in [0.15, 0.2) is 0 Å². The summed E-state index contributed by atoms with van der Waals surface area (Å²) in [6, 6.07) is 17.7. The van der Waals surface area contributed by atoms with Gasteiger partial charge in [-0.3, -0.25) is 9.59 Å². The molecule has 0 bridgehead atoms. The van der Waals surface area contributed by atoms with E-state index in [-0.39, 0.29) is 23.7 Å². The Balaban J connectivity index is 1.59. The largest absolute Gasteiger partial charge is 0.494 e. The van der Waals surface area contributed by atoms with Crippen LogP contribution in [0.25, 0.3) is 0 Å². The van der Waals surface area contributed by atoms with Crippen LogP contribution in [-0.2, 0) is 11.0 Å². The Kier molecular flexibility index (Phi) is 7.55. The van der Waals surface area contributed by atoms with Gasteiger partial charge in [-0.15, -0.1) is 0 Å². The van der Waals surface area contributed by atoms with Crippen LogP contribution in [0.15, 0.2) is 72.8 Å². The molecule has 3 aromatic carbocycles. The molecule has 0 aromatic heterocycles. The van der Waals surface area contributed by atoms with Gasteiger partial charge in [-0.25, -0.2) is 0 Å². The third-order valence-corrected chi connectivity index (χ3v) is 4.45. The first-order valence-electron chi connectivity index (χ1n) is 10.1. The number of nitrogens with one attached hydrogen (secondary N) is 3. The molecule has 0 saturated heterocycles. The van der Waals surface area contributed by atoms with Crippen molar-refractivity contribution in [1.29, 1.82) is 0 Å². The van der Waals surface area contributed by atoms with Crippen LogP contribution in [0, 0.1) is 0 Å². The third kappa shape index (κ3) is 6.99. The number of benzene rings is 3. The molecule has 0 unspecified atom stereocenters. The molecule has 0 aliphatic rings. The van der Waals surface area contributed by atoms with E-state index in [0.29, 0.717) is 23.7 Å². The van der Waals surface area contributed by atoms with E-state index >= 15 is 0 Å². The lowest BCUT2D eigenvalue weighted by molar-refractivity contribution is -0.137. The molecule has 6 nitrogen and oxygen atoms in total. The lowest BCUT2D eigenvalue weighted by Gasteiger charge is -2.11. The molecule has 3 aromatic rings. The molecule has 0 aliphatic heterocycles. The fourth-order valence-electron chi connectivity index (χ4n) is 2.96. The normalized spacial score (nSPS) is 10.9. The monoisotopic (exact) mass is 457 g/mol. The van der Waals surface area contributed by atoms with E-state index in [4.69, 9.17) is 4.74 Å². The average molecular weight is 457 g/mol. The molecular weight excluding hydrogens is 435 g/mol. The van der Waals surface area contributed by atoms with Crippen molar-refractivity contribution in [3.8, 4) is 5.75 Å². The highest BCUT2D eigenvalue weighted by Gasteiger charge is 2.30. The molecule has 0 atom stereocenters. The Labute approximate surface area is 188 Å². The molecule has 0 aliphatic carbocycles. The second-order valence-corrected chi connectivity index (χ2v) is 6.98. The van der Waals surface area contributed by atoms with E-state index in [1.165, 1.54) is 24.3 Å². The van der Waals surface area contributed by atoms with Gasteiger partial charge in [0, 0.05) is 28.7 Å². The van der Waals surface area contributed by atoms with Gasteiger partial charge in [0.05, 0.1) is 18.7 Å². The van der Waals surface area contributed by atoms with Crippen LogP contribution < -0.4 is 20.7 Å². The number of carbonyl (C=O) groups is 2. The van der Waals surface area contributed by atoms with Gasteiger partial charge in [-0.2, -0.15) is 13.2 Å². The Morgan fingerprint density at radius 3 is 2.24 bits per heavy atom. The zero-order valence-electron chi connectivity index (χ0n) is 17.7. The molecule has 0 spiro atoms. The van der Waals surface area contributed by atoms with Gasteiger partial charge in [-0.1, -0.05) is 18.2 Å². The number of hydrogen-bond acceptors (Lipinski definition) is 4. The van der Waals surface area contributed by atoms with Crippen molar-refractivity contribution in [2.45, 2.75) is 13.1 Å². The van der Waals surface area contributed by atoms with Crippen LogP contribution in [0.2, 0.25) is 0 Å². The van der Waals surface area contributed by atoms with Gasteiger partial charge in [0.1, 0.15) is 5.75 Å². The number of rotatable bonds is 8. The summed E-state index contributed by atoms with van der Waals surface area (Å²) in [7, 11) is 0. The molecular formula is C24H22F3N3O3. The lowest BCUT2D eigenvalue weighted by Crippen LogP contribution is -2.22. The fraction of sp³-hybridized carbons (Fsp3) is 0.167. The van der Waals surface area contributed by atoms with E-state index in [9.17, 15) is 22.8 Å². The van der Waals surface area contributed by atoms with Gasteiger partial charge < -0.3 is 20.7 Å². The van der Waals surface area contributed by atoms with Crippen LogP contribution in [-0.4, -0.2) is 25.0 Å². The molecule has 33 heavy (non-hydrogen) atoms. The van der Waals surface area contributed by atoms with Gasteiger partial charge in [0.25, 0.3) is 5.91 Å². The third-order valence-electron chi connectivity index (χ3n) is 4.45. The summed E-state index contributed by atoms with van der Waals surface area (Å²) in [6.45, 7) is 2.39. The quantitative estimate of drug-likeness (QED) is 0.423. The molecule has 3 rings (SSSR count). The lowest BCUT2D eigenvalue weighted by atomic mass is 10.1. The summed E-state index contributed by atoms with van der Waals surface area (Å²) >= 11 is 0. The van der Waals surface area contributed by atoms with Gasteiger partial charge in [0.2, 0.25) is 5.91 Å². The average Bonchev–Trinajstić information content (AvgIpc) is 2.78. The predicted molar refractivity (Wildman–Crippen MR) is 121 cm³/mol. The van der Waals surface area contributed by atoms with Crippen molar-refractivity contribution < 1.29 is 27.5 Å². The van der Waals surface area contributed by atoms with Crippen molar-refractivity contribution >= 4 is 28.9 Å². The molecule has 0 saturated carbocycles. The minimum Gasteiger partial charge on any atom is -0.494 e. The van der Waals surface area contributed by atoms with Gasteiger partial charge in [-0.05, 0) is 55.5 Å². The number of amides is 2. The minimum absolute atomic E-state index is 0.0164. The van der Waals surface area contributed by atoms with Crippen molar-refractivity contribution in [1.82, 2.24) is 0 Å². The Bertz CT molecular complexity index is 1130. The van der Waals surface area contributed by atoms with Crippen molar-refractivity contribution in [3.63, 3.8) is 0 Å². The highest BCUT2D eigenvalue weighted by molar-refractivity contribution is 6.05. The van der Waals surface area contributed by atoms with E-state index in [2.05, 4.69) is 16.0 Å². The first kappa shape index (κ1) is 23.6. The first-order valence-corrected chi connectivity index (χ1v) is 10.1. The number of anilines is 3. The summed E-state index contributed by atoms with van der Waals surface area (Å²) in [6.07, 6.45) is -4.51. The maximum atomic E-state index is 12.9. The van der Waals surface area contributed by atoms with Crippen LogP contribution in [0.4, 0.5) is 30.2 Å². The number of hydrogen-bond donors (Lipinski definition) is 3. The van der Waals surface area contributed by atoms with Crippen molar-refractivity contribution in [2.75, 3.05) is 29.1 Å². The smallest absolute Gasteiger partial charge is 0.416 e. The van der Waals surface area contributed by atoms with Crippen molar-refractivity contribution in [3.05, 3.63) is 83.9 Å². The summed E-state index contributed by atoms with van der Waals surface area (Å²) in [5, 5.41) is 8.10. The van der Waals surface area contributed by atoms with Gasteiger partial charge >= 0.3 is 6.18 Å². The highest BCUT2D eigenvalue weighted by Crippen LogP contribution is 2.30. The SMILES string of the molecule is CCOc1cccc(NCC(=O)Nc2cccc(C(=O)Nc3cccc(C(F)(F)F)c3)c2)c1. The zero-order chi connectivity index (χ0) is 23.8. The minimum atomic E-state index is -4.51.